The minimum Gasteiger partial charge on any atom is -0.508 e. The van der Waals surface area contributed by atoms with Crippen molar-refractivity contribution in [2.75, 3.05) is 13.2 Å². The molecule has 0 spiro atoms. The summed E-state index contributed by atoms with van der Waals surface area (Å²) in [5.41, 5.74) is 4.53. The number of aliphatic hydroxyl groups excluding tert-OH is 2. The van der Waals surface area contributed by atoms with E-state index in [1.165, 1.54) is 6.07 Å². The molecule has 0 bridgehead atoms. The van der Waals surface area contributed by atoms with Crippen LogP contribution in [0, 0.1) is 12.7 Å². The molecule has 0 radical (unpaired) electrons. The maximum absolute atomic E-state index is 14.8. The lowest BCUT2D eigenvalue weighted by atomic mass is 9.94. The van der Waals surface area contributed by atoms with Gasteiger partial charge in [0, 0.05) is 24.3 Å². The van der Waals surface area contributed by atoms with Crippen LogP contribution in [-0.2, 0) is 17.6 Å². The summed E-state index contributed by atoms with van der Waals surface area (Å²) < 4.78 is 32.3. The van der Waals surface area contributed by atoms with Gasteiger partial charge >= 0.3 is 0 Å². The first-order chi connectivity index (χ1) is 21.8. The van der Waals surface area contributed by atoms with E-state index in [0.29, 0.717) is 30.0 Å². The van der Waals surface area contributed by atoms with Gasteiger partial charge in [-0.3, -0.25) is 0 Å². The van der Waals surface area contributed by atoms with E-state index < -0.39 is 18.0 Å². The number of aliphatic hydroxyl groups is 2. The van der Waals surface area contributed by atoms with E-state index in [-0.39, 0.29) is 31.2 Å². The average molecular weight is 637 g/mol. The molecule has 2 heterocycles. The van der Waals surface area contributed by atoms with Crippen molar-refractivity contribution in [2.24, 2.45) is 0 Å². The van der Waals surface area contributed by atoms with Gasteiger partial charge in [-0.15, -0.1) is 0 Å². The third kappa shape index (κ3) is 9.44. The smallest absolute Gasteiger partial charge is 0.165 e. The van der Waals surface area contributed by atoms with E-state index in [0.717, 1.165) is 40.0 Å². The number of hydrogen-bond acceptors (Lipinski definition) is 6. The highest BCUT2D eigenvalue weighted by molar-refractivity contribution is 6.31. The molecular weight excluding hydrogens is 595 g/mol. The van der Waals surface area contributed by atoms with Gasteiger partial charge in [0.15, 0.2) is 11.6 Å². The van der Waals surface area contributed by atoms with Gasteiger partial charge in [0.1, 0.15) is 24.2 Å². The number of phenolic OH excluding ortho intramolecular Hbond substituents is 1. The van der Waals surface area contributed by atoms with Gasteiger partial charge in [-0.1, -0.05) is 80.0 Å². The Kier molecular flexibility index (Phi) is 12.7. The van der Waals surface area contributed by atoms with E-state index in [9.17, 15) is 14.6 Å². The zero-order valence-electron chi connectivity index (χ0n) is 26.0. The van der Waals surface area contributed by atoms with Crippen LogP contribution < -0.4 is 9.47 Å². The van der Waals surface area contributed by atoms with Crippen LogP contribution in [0.1, 0.15) is 60.6 Å². The Labute approximate surface area is 270 Å². The second kappa shape index (κ2) is 16.6. The zero-order valence-corrected chi connectivity index (χ0v) is 26.7. The number of aryl methyl sites for hydroxylation is 1. The van der Waals surface area contributed by atoms with Crippen molar-refractivity contribution in [3.05, 3.63) is 124 Å². The molecule has 4 aromatic rings. The van der Waals surface area contributed by atoms with Crippen LogP contribution in [0.15, 0.2) is 84.9 Å². The fourth-order valence-electron chi connectivity index (χ4n) is 5.34. The summed E-state index contributed by atoms with van der Waals surface area (Å²) in [6.07, 6.45) is 0.649. The Balaban J connectivity index is 0.000000397. The van der Waals surface area contributed by atoms with Crippen LogP contribution in [0.25, 0.3) is 0 Å². The minimum atomic E-state index is -0.532. The van der Waals surface area contributed by atoms with Crippen molar-refractivity contribution in [3.8, 4) is 17.2 Å². The van der Waals surface area contributed by atoms with Crippen LogP contribution in [0.2, 0.25) is 5.02 Å². The number of rotatable bonds is 7. The average Bonchev–Trinajstić information content (AvgIpc) is 3.47. The molecule has 0 saturated carbocycles. The number of aromatic hydroxyl groups is 1. The number of hydrogen-bond donors (Lipinski definition) is 3. The molecule has 6 rings (SSSR count). The summed E-state index contributed by atoms with van der Waals surface area (Å²) in [4.78, 5) is 0. The fraction of sp³-hybridized carbons (Fsp3) is 0.351. The highest BCUT2D eigenvalue weighted by Crippen LogP contribution is 2.34. The second-order valence-corrected chi connectivity index (χ2v) is 11.4. The monoisotopic (exact) mass is 636 g/mol. The molecular formula is C37H42ClFO6. The summed E-state index contributed by atoms with van der Waals surface area (Å²) >= 11 is 6.44. The third-order valence-electron chi connectivity index (χ3n) is 7.67. The minimum absolute atomic E-state index is 0.137. The number of benzene rings is 4. The summed E-state index contributed by atoms with van der Waals surface area (Å²) in [6, 6.07) is 25.6. The van der Waals surface area contributed by atoms with Crippen molar-refractivity contribution in [1.82, 2.24) is 0 Å². The summed E-state index contributed by atoms with van der Waals surface area (Å²) in [7, 11) is 0. The van der Waals surface area contributed by atoms with Crippen molar-refractivity contribution in [1.29, 1.82) is 0 Å². The molecule has 4 aromatic carbocycles. The number of fused-ring (bicyclic) bond motifs is 1. The van der Waals surface area contributed by atoms with Gasteiger partial charge in [0.05, 0.1) is 24.9 Å². The Morgan fingerprint density at radius 3 is 2.38 bits per heavy atom. The van der Waals surface area contributed by atoms with Gasteiger partial charge in [-0.25, -0.2) is 4.39 Å². The summed E-state index contributed by atoms with van der Waals surface area (Å²) in [5, 5.41) is 29.1. The summed E-state index contributed by atoms with van der Waals surface area (Å²) in [6.45, 7) is 6.00. The van der Waals surface area contributed by atoms with E-state index in [1.807, 2.05) is 81.4 Å². The Hall–Kier alpha value is -3.62. The molecule has 1 fully saturated rings. The topological polar surface area (TPSA) is 88.4 Å². The molecule has 0 aromatic heterocycles. The first-order valence-electron chi connectivity index (χ1n) is 15.4. The lowest BCUT2D eigenvalue weighted by molar-refractivity contribution is -0.113. The van der Waals surface area contributed by atoms with E-state index in [4.69, 9.17) is 30.9 Å². The highest BCUT2D eigenvalue weighted by atomic mass is 35.5. The molecule has 3 N–H and O–H groups in total. The molecule has 45 heavy (non-hydrogen) atoms. The third-order valence-corrected chi connectivity index (χ3v) is 8.04. The standard InChI is InChI=1S/C28H28ClFO5.C7H8O.C2H6/c29-24-7-6-19(28-14-21(32)13-22(15-31)34-28)11-20(24)9-17-5-8-27(25(30)10-17)33-16-23-12-18-3-1-2-4-26(18)35-23;1-6-4-2-3-5-7(6)8;1-2/h1-8,10-11,21-23,28,31-32H,9,12-16H2;2-5,8H,1H3;1-2H3. The molecule has 0 amide bonds. The van der Waals surface area contributed by atoms with Crippen molar-refractivity contribution < 1.29 is 33.9 Å². The van der Waals surface area contributed by atoms with Crippen LogP contribution in [0.5, 0.6) is 17.2 Å². The largest absolute Gasteiger partial charge is 0.508 e. The Morgan fingerprint density at radius 2 is 1.69 bits per heavy atom. The van der Waals surface area contributed by atoms with E-state index >= 15 is 0 Å². The van der Waals surface area contributed by atoms with Crippen LogP contribution >= 0.6 is 11.6 Å². The SMILES string of the molecule is CC.Cc1ccccc1O.OCC1CC(O)CC(c2ccc(Cl)c(Cc3ccc(OCC4Cc5ccccc5O4)c(F)c3)c2)O1. The maximum Gasteiger partial charge on any atom is 0.165 e. The summed E-state index contributed by atoms with van der Waals surface area (Å²) in [5.74, 6) is 0.978. The number of phenols is 1. The lowest BCUT2D eigenvalue weighted by Gasteiger charge is -2.32. The predicted molar refractivity (Wildman–Crippen MR) is 175 cm³/mol. The zero-order chi connectivity index (χ0) is 32.3. The Bertz CT molecular complexity index is 1480. The normalized spacial score (nSPS) is 20.1. The first-order valence-corrected chi connectivity index (χ1v) is 15.8. The van der Waals surface area contributed by atoms with Gasteiger partial charge in [0.2, 0.25) is 0 Å². The van der Waals surface area contributed by atoms with Crippen molar-refractivity contribution in [2.45, 2.75) is 70.9 Å². The molecule has 4 atom stereocenters. The van der Waals surface area contributed by atoms with Gasteiger partial charge in [-0.2, -0.15) is 0 Å². The van der Waals surface area contributed by atoms with Crippen molar-refractivity contribution in [3.63, 3.8) is 0 Å². The van der Waals surface area contributed by atoms with Gasteiger partial charge < -0.3 is 29.5 Å². The second-order valence-electron chi connectivity index (χ2n) is 11.0. The van der Waals surface area contributed by atoms with E-state index in [2.05, 4.69) is 0 Å². The molecule has 240 valence electrons. The van der Waals surface area contributed by atoms with E-state index in [1.54, 1.807) is 18.2 Å². The number of halogens is 2. The Morgan fingerprint density at radius 1 is 0.933 bits per heavy atom. The van der Waals surface area contributed by atoms with Crippen LogP contribution in [0.4, 0.5) is 4.39 Å². The van der Waals surface area contributed by atoms with Gasteiger partial charge in [0.25, 0.3) is 0 Å². The van der Waals surface area contributed by atoms with Gasteiger partial charge in [-0.05, 0) is 71.5 Å². The first kappa shape index (κ1) is 34.3. The molecule has 4 unspecified atom stereocenters. The highest BCUT2D eigenvalue weighted by Gasteiger charge is 2.29. The quantitative estimate of drug-likeness (QED) is 0.192. The maximum atomic E-state index is 14.8. The number of para-hydroxylation sites is 2. The fourth-order valence-corrected chi connectivity index (χ4v) is 5.52. The van der Waals surface area contributed by atoms with Crippen LogP contribution in [0.3, 0.4) is 0 Å². The lowest BCUT2D eigenvalue weighted by Crippen LogP contribution is -2.33. The molecule has 2 aliphatic heterocycles. The number of ether oxygens (including phenoxy) is 3. The van der Waals surface area contributed by atoms with Crippen LogP contribution in [-0.4, -0.2) is 46.8 Å². The molecule has 0 aliphatic carbocycles. The molecule has 1 saturated heterocycles. The van der Waals surface area contributed by atoms with Crippen molar-refractivity contribution >= 4 is 11.6 Å². The molecule has 2 aliphatic rings. The predicted octanol–water partition coefficient (Wildman–Crippen LogP) is 7.75. The molecule has 8 heteroatoms. The molecule has 6 nitrogen and oxygen atoms in total.